The highest BCUT2D eigenvalue weighted by Crippen LogP contribution is 2.48. The Morgan fingerprint density at radius 2 is 0.406 bits per heavy atom. The Labute approximate surface area is 824 Å². The average molecular weight is 1820 g/mol. The summed E-state index contributed by atoms with van der Waals surface area (Å²) in [6.07, 6.45) is 0. The van der Waals surface area contributed by atoms with E-state index >= 15 is 0 Å². The molecule has 0 spiro atoms. The van der Waals surface area contributed by atoms with Crippen LogP contribution in [-0.4, -0.2) is 27.4 Å². The molecule has 0 aliphatic carbocycles. The van der Waals surface area contributed by atoms with Gasteiger partial charge < -0.3 is 31.8 Å². The zero-order valence-electron chi connectivity index (χ0n) is 77.9. The summed E-state index contributed by atoms with van der Waals surface area (Å²) in [5.74, 6) is 0. The molecule has 30 rings (SSSR count). The second kappa shape index (κ2) is 34.0. The predicted molar refractivity (Wildman–Crippen MR) is 603 cm³/mol. The summed E-state index contributed by atoms with van der Waals surface area (Å²) in [7, 11) is 0. The van der Waals surface area contributed by atoms with E-state index in [0.29, 0.717) is 0 Å². The first kappa shape index (κ1) is 82.2. The lowest BCUT2D eigenvalue weighted by Crippen LogP contribution is -1.95. The smallest absolute Gasteiger partial charge is 0.137 e. The molecule has 7 heteroatoms. The summed E-state index contributed by atoms with van der Waals surface area (Å²) in [6, 6.07) is 193. The highest BCUT2D eigenvalue weighted by molar-refractivity contribution is 6.22. The molecular formula is C136H88N6O. The van der Waals surface area contributed by atoms with Crippen molar-refractivity contribution in [3.05, 3.63) is 534 Å². The average Bonchev–Trinajstić information content (AvgIpc) is 1.57. The van der Waals surface area contributed by atoms with Crippen molar-refractivity contribution < 1.29 is 4.42 Å². The van der Waals surface area contributed by atoms with E-state index in [1.165, 1.54) is 220 Å². The lowest BCUT2D eigenvalue weighted by molar-refractivity contribution is 0.669. The molecule has 0 N–H and O–H groups in total. The number of para-hydroxylation sites is 8. The van der Waals surface area contributed by atoms with Crippen LogP contribution in [0.15, 0.2) is 538 Å². The van der Waals surface area contributed by atoms with Gasteiger partial charge in [0.1, 0.15) is 11.2 Å². The largest absolute Gasteiger partial charge is 0.456 e. The maximum Gasteiger partial charge on any atom is 0.137 e. The summed E-state index contributed by atoms with van der Waals surface area (Å²) in [4.78, 5) is 0. The molecule has 0 radical (unpaired) electrons. The van der Waals surface area contributed by atoms with E-state index in [1.807, 2.05) is 6.07 Å². The molecule has 0 saturated carbocycles. The molecule has 0 atom stereocenters. The minimum absolute atomic E-state index is 0.896. The Hall–Kier alpha value is -19.1. The fourth-order valence-electron chi connectivity index (χ4n) is 23.0. The number of hydrogen-bond acceptors (Lipinski definition) is 1. The van der Waals surface area contributed by atoms with Gasteiger partial charge in [-0.05, 0) is 236 Å². The van der Waals surface area contributed by atoms with Crippen molar-refractivity contribution in [1.82, 2.24) is 27.4 Å². The highest BCUT2D eigenvalue weighted by Gasteiger charge is 2.26. The summed E-state index contributed by atoms with van der Waals surface area (Å²) in [5.41, 5.74) is 37.9. The quantitative estimate of drug-likeness (QED) is 0.120. The number of nitrogens with zero attached hydrogens (tertiary/aromatic N) is 6. The van der Waals surface area contributed by atoms with Crippen LogP contribution >= 0.6 is 0 Å². The summed E-state index contributed by atoms with van der Waals surface area (Å²) in [6.45, 7) is 0. The van der Waals surface area contributed by atoms with Crippen LogP contribution in [0, 0.1) is 0 Å². The molecule has 0 aliphatic rings. The van der Waals surface area contributed by atoms with Gasteiger partial charge in [-0.15, -0.1) is 0 Å². The van der Waals surface area contributed by atoms with Gasteiger partial charge in [0, 0.05) is 98.2 Å². The lowest BCUT2D eigenvalue weighted by atomic mass is 9.98. The molecular weight excluding hydrogens is 1730 g/mol. The molecule has 23 aromatic carbocycles. The van der Waals surface area contributed by atoms with E-state index in [0.717, 1.165) is 44.7 Å². The molecule has 7 nitrogen and oxygen atoms in total. The lowest BCUT2D eigenvalue weighted by Gasteiger charge is -2.12. The van der Waals surface area contributed by atoms with Gasteiger partial charge in [0.15, 0.2) is 0 Å². The van der Waals surface area contributed by atoms with E-state index in [4.69, 9.17) is 4.42 Å². The third kappa shape index (κ3) is 13.6. The molecule has 0 fully saturated rings. The zero-order valence-corrected chi connectivity index (χ0v) is 77.9. The predicted octanol–water partition coefficient (Wildman–Crippen LogP) is 36.7. The molecule has 0 unspecified atom stereocenters. The Morgan fingerprint density at radius 1 is 0.126 bits per heavy atom. The van der Waals surface area contributed by atoms with Crippen LogP contribution in [0.4, 0.5) is 0 Å². The monoisotopic (exact) mass is 1820 g/mol. The minimum Gasteiger partial charge on any atom is -0.456 e. The molecule has 0 amide bonds. The number of aromatic nitrogens is 6. The van der Waals surface area contributed by atoms with E-state index in [-0.39, 0.29) is 0 Å². The maximum absolute atomic E-state index is 6.33. The van der Waals surface area contributed by atoms with Crippen LogP contribution in [0.3, 0.4) is 0 Å². The first-order valence-electron chi connectivity index (χ1n) is 49.1. The van der Waals surface area contributed by atoms with Crippen molar-refractivity contribution in [2.75, 3.05) is 0 Å². The van der Waals surface area contributed by atoms with Crippen LogP contribution < -0.4 is 0 Å². The van der Waals surface area contributed by atoms with Crippen LogP contribution in [-0.2, 0) is 0 Å². The number of hydrogen-bond donors (Lipinski definition) is 0. The van der Waals surface area contributed by atoms with E-state index in [1.54, 1.807) is 0 Å². The van der Waals surface area contributed by atoms with Gasteiger partial charge in [0.05, 0.1) is 83.0 Å². The maximum atomic E-state index is 6.33. The van der Waals surface area contributed by atoms with Gasteiger partial charge in [-0.3, -0.25) is 0 Å². The molecule has 0 saturated heterocycles. The van der Waals surface area contributed by atoms with Gasteiger partial charge in [0.2, 0.25) is 0 Å². The van der Waals surface area contributed by atoms with Crippen molar-refractivity contribution in [3.63, 3.8) is 0 Å². The summed E-state index contributed by atoms with van der Waals surface area (Å²) >= 11 is 0. The normalized spacial score (nSPS) is 11.8. The number of benzene rings is 23. The van der Waals surface area contributed by atoms with Crippen molar-refractivity contribution in [2.45, 2.75) is 0 Å². The number of furan rings is 1. The second-order valence-corrected chi connectivity index (χ2v) is 37.3. The van der Waals surface area contributed by atoms with Crippen LogP contribution in [0.5, 0.6) is 0 Å². The number of fused-ring (bicyclic) bond motifs is 22. The Morgan fingerprint density at radius 3 is 0.895 bits per heavy atom. The van der Waals surface area contributed by atoms with E-state index < -0.39 is 0 Å². The molecule has 7 aromatic heterocycles. The topological polar surface area (TPSA) is 42.7 Å². The van der Waals surface area contributed by atoms with Crippen molar-refractivity contribution >= 4 is 164 Å². The van der Waals surface area contributed by atoms with Crippen LogP contribution in [0.1, 0.15) is 0 Å². The van der Waals surface area contributed by atoms with Gasteiger partial charge in [-0.2, -0.15) is 0 Å². The second-order valence-electron chi connectivity index (χ2n) is 37.3. The van der Waals surface area contributed by atoms with Gasteiger partial charge in [-0.25, -0.2) is 0 Å². The molecule has 143 heavy (non-hydrogen) atoms. The highest BCUT2D eigenvalue weighted by atomic mass is 16.3. The fraction of sp³-hybridized carbons (Fsp3) is 0. The zero-order chi connectivity index (χ0) is 94.1. The molecule has 30 aromatic rings. The first-order chi connectivity index (χ1) is 71.0. The van der Waals surface area contributed by atoms with E-state index in [9.17, 15) is 0 Å². The van der Waals surface area contributed by atoms with Gasteiger partial charge in [0.25, 0.3) is 0 Å². The molecule has 0 bridgehead atoms. The third-order valence-electron chi connectivity index (χ3n) is 29.4. The molecule has 0 aliphatic heterocycles. The molecule has 668 valence electrons. The molecule has 7 heterocycles. The first-order valence-corrected chi connectivity index (χ1v) is 49.1. The Balaban J connectivity index is 0.000000105. The number of rotatable bonds is 12. The standard InChI is InChI=1S/C48H30N2O.C46H30N2.C42H28N2/c1-2-11-31(12-3-1)32-21-25-35(26-22-32)49-41-16-7-5-14-37(41)40-29-33(24-28-43(40)49)34-23-27-38-36-13-4-8-17-42(36)50(45(38)30-34)44-18-10-20-47-48(44)39-15-6-9-19-46(39)51-47;1-2-12-31(13-3-1)32-24-27-35(28-25-32)47-42-20-8-6-17-38(42)40-30-34(26-29-44(40)47)37-19-11-23-45-46(37)39-18-7-9-21-43(39)48(45)41-22-10-15-33-14-4-5-16-36(33)41;1-3-12-29(13-4-1)30-22-25-33(26-23-30)43-38-19-9-7-16-35(38)37-28-31(24-27-40(37)43)34-18-11-21-41-42(34)36-17-8-10-20-39(36)44(41)32-14-5-2-6-15-32/h1-30H;1-30H;1-28H. The van der Waals surface area contributed by atoms with Crippen molar-refractivity contribution in [1.29, 1.82) is 0 Å². The minimum atomic E-state index is 0.896. The van der Waals surface area contributed by atoms with Crippen LogP contribution in [0.2, 0.25) is 0 Å². The summed E-state index contributed by atoms with van der Waals surface area (Å²) in [5, 5.41) is 19.8. The van der Waals surface area contributed by atoms with Gasteiger partial charge in [-0.1, -0.05) is 370 Å². The van der Waals surface area contributed by atoms with Crippen molar-refractivity contribution in [2.24, 2.45) is 0 Å². The van der Waals surface area contributed by atoms with Crippen LogP contribution in [0.25, 0.3) is 264 Å². The van der Waals surface area contributed by atoms with Gasteiger partial charge >= 0.3 is 0 Å². The fourth-order valence-corrected chi connectivity index (χ4v) is 23.0. The van der Waals surface area contributed by atoms with E-state index in [2.05, 4.69) is 555 Å². The SMILES string of the molecule is c1ccc(-c2ccc(-n3c4ccccc4c4cc(-c5ccc6c7ccccc7n(-c7cccc8oc9ccccc9c78)c6c5)ccc43)cc2)cc1.c1ccc(-c2ccc(-n3c4ccccc4c4cc(-c5cccc6c5c5ccccc5n6-c5cccc6ccccc56)ccc43)cc2)cc1.c1ccc(-c2ccc(-n3c4ccccc4c4cc(-c5cccc6c5c5ccccc5n6-c5ccccc5)ccc43)cc2)cc1. The Bertz CT molecular complexity index is 10300. The van der Waals surface area contributed by atoms with Crippen molar-refractivity contribution in [3.8, 4) is 101 Å². The summed E-state index contributed by atoms with van der Waals surface area (Å²) < 4.78 is 20.8. The Kier molecular flexibility index (Phi) is 19.5. The third-order valence-corrected chi connectivity index (χ3v) is 29.4.